The summed E-state index contributed by atoms with van der Waals surface area (Å²) in [7, 11) is 0. The third-order valence-electron chi connectivity index (χ3n) is 3.38. The molecular weight excluding hydrogens is 214 g/mol. The van der Waals surface area contributed by atoms with Crippen LogP contribution in [-0.4, -0.2) is 35.4 Å². The molecule has 1 aliphatic rings. The van der Waals surface area contributed by atoms with Gasteiger partial charge in [-0.05, 0) is 37.3 Å². The van der Waals surface area contributed by atoms with E-state index in [1.807, 2.05) is 4.90 Å². The Kier molecular flexibility index (Phi) is 4.09. The molecule has 1 fully saturated rings. The van der Waals surface area contributed by atoms with Crippen LogP contribution < -0.4 is 5.73 Å². The first-order valence-electron chi connectivity index (χ1n) is 6.15. The molecule has 2 heterocycles. The minimum Gasteiger partial charge on any atom is -0.339 e. The van der Waals surface area contributed by atoms with E-state index in [9.17, 15) is 4.79 Å². The molecule has 17 heavy (non-hydrogen) atoms. The Morgan fingerprint density at radius 1 is 1.35 bits per heavy atom. The lowest BCUT2D eigenvalue weighted by Crippen LogP contribution is -2.38. The third-order valence-corrected chi connectivity index (χ3v) is 3.38. The lowest BCUT2D eigenvalue weighted by atomic mass is 9.93. The second kappa shape index (κ2) is 5.77. The zero-order valence-electron chi connectivity index (χ0n) is 9.93. The summed E-state index contributed by atoms with van der Waals surface area (Å²) in [6, 6.07) is 3.52. The van der Waals surface area contributed by atoms with Crippen LogP contribution in [-0.2, 0) is 0 Å². The maximum absolute atomic E-state index is 12.1. The topological polar surface area (TPSA) is 57.0 Å². The molecule has 0 atom stereocenters. The quantitative estimate of drug-likeness (QED) is 0.795. The van der Waals surface area contributed by atoms with Crippen LogP contribution >= 0.6 is 0 Å². The number of amides is 1. The average molecular weight is 232 g/mol. The van der Waals surface area contributed by atoms with Gasteiger partial charge in [-0.15, -0.1) is 0 Å². The van der Waals surface area contributed by atoms with Gasteiger partial charge in [-0.2, -0.15) is 0 Å². The molecule has 1 aromatic rings. The summed E-state index contributed by atoms with van der Waals surface area (Å²) in [6.07, 6.45) is 6.35. The zero-order valence-corrected chi connectivity index (χ0v) is 9.93. The fourth-order valence-corrected chi connectivity index (χ4v) is 2.31. The van der Waals surface area contributed by atoms with E-state index < -0.39 is 0 Å². The van der Waals surface area contributed by atoms with Gasteiger partial charge in [-0.1, -0.05) is 0 Å². The van der Waals surface area contributed by atoms with Crippen molar-refractivity contribution in [3.63, 3.8) is 0 Å². The molecule has 1 saturated heterocycles. The predicted molar refractivity (Wildman–Crippen MR) is 65.4 cm³/mol. The number of carbonyl (C=O) groups excluding carboxylic acids is 1. The van der Waals surface area contributed by atoms with E-state index in [4.69, 9.17) is 5.73 Å². The SMILES string of the molecule is [NH]CCC1CCN(C(=O)c2ccncc2)CC1. The molecule has 4 nitrogen and oxygen atoms in total. The molecule has 1 aromatic heterocycles. The van der Waals surface area contributed by atoms with Crippen molar-refractivity contribution in [3.8, 4) is 0 Å². The van der Waals surface area contributed by atoms with E-state index in [1.165, 1.54) is 0 Å². The Labute approximate surface area is 102 Å². The van der Waals surface area contributed by atoms with Crippen LogP contribution in [0.3, 0.4) is 0 Å². The molecule has 0 aliphatic carbocycles. The van der Waals surface area contributed by atoms with Crippen LogP contribution in [0.25, 0.3) is 0 Å². The number of pyridine rings is 1. The van der Waals surface area contributed by atoms with E-state index >= 15 is 0 Å². The number of hydrogen-bond acceptors (Lipinski definition) is 2. The fraction of sp³-hybridized carbons (Fsp3) is 0.538. The first-order chi connectivity index (χ1) is 8.31. The van der Waals surface area contributed by atoms with Gasteiger partial charge >= 0.3 is 0 Å². The largest absolute Gasteiger partial charge is 0.339 e. The van der Waals surface area contributed by atoms with E-state index in [-0.39, 0.29) is 5.91 Å². The predicted octanol–water partition coefficient (Wildman–Crippen LogP) is 1.61. The van der Waals surface area contributed by atoms with Crippen molar-refractivity contribution in [3.05, 3.63) is 30.1 Å². The van der Waals surface area contributed by atoms with Gasteiger partial charge in [0.1, 0.15) is 0 Å². The maximum atomic E-state index is 12.1. The molecule has 0 bridgehead atoms. The summed E-state index contributed by atoms with van der Waals surface area (Å²) in [5, 5.41) is 0. The number of aromatic nitrogens is 1. The average Bonchev–Trinajstić information content (AvgIpc) is 2.40. The van der Waals surface area contributed by atoms with E-state index in [0.717, 1.165) is 37.9 Å². The van der Waals surface area contributed by atoms with Crippen molar-refractivity contribution >= 4 is 5.91 Å². The molecule has 1 radical (unpaired) electrons. The fourth-order valence-electron chi connectivity index (χ4n) is 2.31. The molecule has 0 spiro atoms. The zero-order chi connectivity index (χ0) is 12.1. The number of hydrogen-bond donors (Lipinski definition) is 0. The van der Waals surface area contributed by atoms with Gasteiger partial charge in [-0.3, -0.25) is 15.5 Å². The molecule has 1 amide bonds. The van der Waals surface area contributed by atoms with Crippen molar-refractivity contribution in [2.75, 3.05) is 19.6 Å². The number of nitrogens with zero attached hydrogens (tertiary/aromatic N) is 2. The lowest BCUT2D eigenvalue weighted by molar-refractivity contribution is 0.0687. The molecule has 2 rings (SSSR count). The van der Waals surface area contributed by atoms with Crippen molar-refractivity contribution in [1.82, 2.24) is 15.6 Å². The number of piperidine rings is 1. The van der Waals surface area contributed by atoms with Gasteiger partial charge < -0.3 is 4.90 Å². The Bertz CT molecular complexity index is 358. The number of carbonyl (C=O) groups is 1. The van der Waals surface area contributed by atoms with Crippen LogP contribution in [0.5, 0.6) is 0 Å². The second-order valence-corrected chi connectivity index (χ2v) is 4.51. The monoisotopic (exact) mass is 232 g/mol. The van der Waals surface area contributed by atoms with Crippen molar-refractivity contribution in [2.45, 2.75) is 19.3 Å². The Hall–Kier alpha value is -1.42. The highest BCUT2D eigenvalue weighted by Gasteiger charge is 2.22. The number of rotatable bonds is 3. The highest BCUT2D eigenvalue weighted by Crippen LogP contribution is 2.21. The van der Waals surface area contributed by atoms with Gasteiger partial charge in [0.05, 0.1) is 0 Å². The Morgan fingerprint density at radius 2 is 2.00 bits per heavy atom. The molecule has 0 aromatic carbocycles. The number of likely N-dealkylation sites (tertiary alicyclic amines) is 1. The van der Waals surface area contributed by atoms with Gasteiger partial charge in [0, 0.05) is 37.6 Å². The third kappa shape index (κ3) is 3.03. The van der Waals surface area contributed by atoms with E-state index in [1.54, 1.807) is 24.5 Å². The highest BCUT2D eigenvalue weighted by atomic mass is 16.2. The standard InChI is InChI=1S/C13H18N3O/c14-6-1-11-4-9-16(10-5-11)13(17)12-2-7-15-8-3-12/h2-3,7-8,11,14H,1,4-6,9-10H2. The van der Waals surface area contributed by atoms with Crippen molar-refractivity contribution in [1.29, 1.82) is 0 Å². The van der Waals surface area contributed by atoms with E-state index in [2.05, 4.69) is 4.98 Å². The number of nitrogens with one attached hydrogen (secondary N) is 1. The molecule has 4 heteroatoms. The summed E-state index contributed by atoms with van der Waals surface area (Å²) in [5.74, 6) is 0.741. The van der Waals surface area contributed by atoms with Crippen molar-refractivity contribution in [2.24, 2.45) is 5.92 Å². The summed E-state index contributed by atoms with van der Waals surface area (Å²) in [6.45, 7) is 2.15. The smallest absolute Gasteiger partial charge is 0.253 e. The van der Waals surface area contributed by atoms with Gasteiger partial charge in [0.2, 0.25) is 0 Å². The molecular formula is C13H18N3O. The minimum absolute atomic E-state index is 0.108. The Morgan fingerprint density at radius 3 is 2.59 bits per heavy atom. The first-order valence-corrected chi connectivity index (χ1v) is 6.15. The molecule has 1 N–H and O–H groups in total. The molecule has 1 aliphatic heterocycles. The van der Waals surface area contributed by atoms with Crippen LogP contribution in [0.1, 0.15) is 29.6 Å². The normalized spacial score (nSPS) is 17.1. The maximum Gasteiger partial charge on any atom is 0.253 e. The molecule has 91 valence electrons. The second-order valence-electron chi connectivity index (χ2n) is 4.51. The summed E-state index contributed by atoms with van der Waals surface area (Å²) >= 11 is 0. The summed E-state index contributed by atoms with van der Waals surface area (Å²) in [5.41, 5.74) is 7.94. The lowest BCUT2D eigenvalue weighted by Gasteiger charge is -2.31. The van der Waals surface area contributed by atoms with E-state index in [0.29, 0.717) is 12.5 Å². The van der Waals surface area contributed by atoms with Crippen LogP contribution in [0.4, 0.5) is 0 Å². The van der Waals surface area contributed by atoms with Gasteiger partial charge in [0.15, 0.2) is 0 Å². The molecule has 0 saturated carbocycles. The summed E-state index contributed by atoms with van der Waals surface area (Å²) < 4.78 is 0. The first kappa shape index (κ1) is 12.0. The Balaban J connectivity index is 1.91. The summed E-state index contributed by atoms with van der Waals surface area (Å²) in [4.78, 5) is 18.0. The van der Waals surface area contributed by atoms with Gasteiger partial charge in [0.25, 0.3) is 5.91 Å². The molecule has 0 unspecified atom stereocenters. The van der Waals surface area contributed by atoms with Crippen LogP contribution in [0.15, 0.2) is 24.5 Å². The minimum atomic E-state index is 0.108. The van der Waals surface area contributed by atoms with Crippen LogP contribution in [0, 0.1) is 5.92 Å². The van der Waals surface area contributed by atoms with Gasteiger partial charge in [-0.25, -0.2) is 0 Å². The van der Waals surface area contributed by atoms with Crippen molar-refractivity contribution < 1.29 is 4.79 Å². The highest BCUT2D eigenvalue weighted by molar-refractivity contribution is 5.94. The van der Waals surface area contributed by atoms with Crippen LogP contribution in [0.2, 0.25) is 0 Å².